The number of nitrogens with zero attached hydrogens (tertiary/aromatic N) is 3. The highest BCUT2D eigenvalue weighted by molar-refractivity contribution is 5.95. The Kier molecular flexibility index (Phi) is 7.12. The predicted octanol–water partition coefficient (Wildman–Crippen LogP) is 4.25. The van der Waals surface area contributed by atoms with Gasteiger partial charge in [0.1, 0.15) is 5.82 Å². The lowest BCUT2D eigenvalue weighted by atomic mass is 10.1. The molecule has 2 amide bonds. The standard InChI is InChI=1S/C26H28FN5O/c1-2-23-18-31(17-19-7-9-22(27)10-8-19)13-14-32(23)12-4-6-21-15-20-5-3-11-29-24(20)16-25(21)30-26(28)33/h2-11,15-16,23H,1,12-14,17-18H2,(H3,28,30,33)/b6-4+/t23-/m1/s1. The average molecular weight is 446 g/mol. The summed E-state index contributed by atoms with van der Waals surface area (Å²) in [5, 5.41) is 3.69. The highest BCUT2D eigenvalue weighted by Crippen LogP contribution is 2.24. The van der Waals surface area contributed by atoms with E-state index in [4.69, 9.17) is 5.73 Å². The molecule has 6 nitrogen and oxygen atoms in total. The highest BCUT2D eigenvalue weighted by atomic mass is 19.1. The average Bonchev–Trinajstić information content (AvgIpc) is 2.81. The lowest BCUT2D eigenvalue weighted by molar-refractivity contribution is 0.102. The number of primary amides is 1. The van der Waals surface area contributed by atoms with Crippen LogP contribution in [0.4, 0.5) is 14.9 Å². The van der Waals surface area contributed by atoms with Gasteiger partial charge in [-0.2, -0.15) is 0 Å². The zero-order chi connectivity index (χ0) is 23.2. The van der Waals surface area contributed by atoms with Crippen molar-refractivity contribution in [1.29, 1.82) is 0 Å². The summed E-state index contributed by atoms with van der Waals surface area (Å²) in [6.45, 7) is 8.26. The molecule has 0 unspecified atom stereocenters. The molecule has 4 rings (SSSR count). The number of carbonyl (C=O) groups is 1. The minimum absolute atomic E-state index is 0.212. The Hall–Kier alpha value is -3.55. The number of nitrogens with two attached hydrogens (primary N) is 1. The number of carbonyl (C=O) groups excluding carboxylic acids is 1. The number of amides is 2. The molecule has 33 heavy (non-hydrogen) atoms. The van der Waals surface area contributed by atoms with Crippen LogP contribution in [0.15, 0.2) is 73.5 Å². The molecule has 7 heteroatoms. The number of aromatic nitrogens is 1. The molecule has 1 aliphatic heterocycles. The smallest absolute Gasteiger partial charge is 0.316 e. The van der Waals surface area contributed by atoms with Crippen LogP contribution in [-0.2, 0) is 6.54 Å². The van der Waals surface area contributed by atoms with Crippen molar-refractivity contribution in [1.82, 2.24) is 14.8 Å². The Balaban J connectivity index is 1.42. The Bertz CT molecular complexity index is 1160. The third-order valence-corrected chi connectivity index (χ3v) is 5.88. The molecule has 1 aliphatic rings. The number of halogens is 1. The molecule has 1 aromatic heterocycles. The van der Waals surface area contributed by atoms with E-state index in [-0.39, 0.29) is 11.9 Å². The van der Waals surface area contributed by atoms with Crippen molar-refractivity contribution >= 4 is 28.7 Å². The molecule has 3 aromatic rings. The van der Waals surface area contributed by atoms with Gasteiger partial charge in [0.2, 0.25) is 0 Å². The molecule has 1 saturated heterocycles. The SMILES string of the molecule is C=C[C@@H]1CN(Cc2ccc(F)cc2)CCN1C/C=C/c1cc2cccnc2cc1NC(N)=O. The Labute approximate surface area is 193 Å². The van der Waals surface area contributed by atoms with Gasteiger partial charge in [-0.1, -0.05) is 36.4 Å². The van der Waals surface area contributed by atoms with Gasteiger partial charge in [0, 0.05) is 50.3 Å². The van der Waals surface area contributed by atoms with Crippen LogP contribution >= 0.6 is 0 Å². The first kappa shape index (κ1) is 22.6. The quantitative estimate of drug-likeness (QED) is 0.533. The molecule has 0 radical (unpaired) electrons. The number of hydrogen-bond donors (Lipinski definition) is 2. The Morgan fingerprint density at radius 1 is 1.24 bits per heavy atom. The van der Waals surface area contributed by atoms with Crippen LogP contribution in [0.1, 0.15) is 11.1 Å². The van der Waals surface area contributed by atoms with Gasteiger partial charge < -0.3 is 11.1 Å². The van der Waals surface area contributed by atoms with Crippen molar-refractivity contribution in [2.24, 2.45) is 5.73 Å². The summed E-state index contributed by atoms with van der Waals surface area (Å²) in [7, 11) is 0. The normalized spacial score (nSPS) is 17.4. The fraction of sp³-hybridized carbons (Fsp3) is 0.231. The summed E-state index contributed by atoms with van der Waals surface area (Å²) in [6.07, 6.45) is 7.79. The molecule has 0 spiro atoms. The van der Waals surface area contributed by atoms with Gasteiger partial charge in [-0.15, -0.1) is 6.58 Å². The van der Waals surface area contributed by atoms with E-state index in [0.717, 1.165) is 54.8 Å². The first-order chi connectivity index (χ1) is 16.0. The summed E-state index contributed by atoms with van der Waals surface area (Å²) in [5.41, 5.74) is 8.76. The van der Waals surface area contributed by atoms with Crippen molar-refractivity contribution in [2.45, 2.75) is 12.6 Å². The topological polar surface area (TPSA) is 74.5 Å². The van der Waals surface area contributed by atoms with E-state index in [9.17, 15) is 9.18 Å². The predicted molar refractivity (Wildman–Crippen MR) is 131 cm³/mol. The number of rotatable bonds is 7. The van der Waals surface area contributed by atoms with Crippen molar-refractivity contribution in [3.63, 3.8) is 0 Å². The molecule has 0 saturated carbocycles. The number of pyridine rings is 1. The van der Waals surface area contributed by atoms with E-state index in [1.165, 1.54) is 12.1 Å². The number of piperazine rings is 1. The van der Waals surface area contributed by atoms with E-state index < -0.39 is 6.03 Å². The van der Waals surface area contributed by atoms with Crippen LogP contribution in [0.2, 0.25) is 0 Å². The molecule has 1 fully saturated rings. The van der Waals surface area contributed by atoms with E-state index in [1.807, 2.05) is 48.6 Å². The molecule has 3 N–H and O–H groups in total. The van der Waals surface area contributed by atoms with Gasteiger partial charge >= 0.3 is 6.03 Å². The van der Waals surface area contributed by atoms with Crippen LogP contribution < -0.4 is 11.1 Å². The van der Waals surface area contributed by atoms with Gasteiger partial charge in [-0.3, -0.25) is 14.8 Å². The second kappa shape index (κ2) is 10.4. The van der Waals surface area contributed by atoms with Crippen LogP contribution in [0.3, 0.4) is 0 Å². The number of urea groups is 1. The third kappa shape index (κ3) is 5.83. The molecule has 0 bridgehead atoms. The monoisotopic (exact) mass is 445 g/mol. The van der Waals surface area contributed by atoms with Gasteiger partial charge in [0.15, 0.2) is 0 Å². The van der Waals surface area contributed by atoms with Gasteiger partial charge in [0.25, 0.3) is 0 Å². The second-order valence-corrected chi connectivity index (χ2v) is 8.19. The van der Waals surface area contributed by atoms with E-state index >= 15 is 0 Å². The summed E-state index contributed by atoms with van der Waals surface area (Å²) in [5.74, 6) is -0.212. The van der Waals surface area contributed by atoms with E-state index in [0.29, 0.717) is 5.69 Å². The van der Waals surface area contributed by atoms with Gasteiger partial charge in [-0.05, 0) is 41.5 Å². The van der Waals surface area contributed by atoms with Crippen LogP contribution in [0.5, 0.6) is 0 Å². The number of fused-ring (bicyclic) bond motifs is 1. The second-order valence-electron chi connectivity index (χ2n) is 8.19. The summed E-state index contributed by atoms with van der Waals surface area (Å²) < 4.78 is 13.2. The summed E-state index contributed by atoms with van der Waals surface area (Å²) in [4.78, 5) is 20.5. The summed E-state index contributed by atoms with van der Waals surface area (Å²) >= 11 is 0. The van der Waals surface area contributed by atoms with Crippen molar-refractivity contribution in [3.05, 3.63) is 90.4 Å². The van der Waals surface area contributed by atoms with Crippen molar-refractivity contribution in [2.75, 3.05) is 31.5 Å². The Morgan fingerprint density at radius 3 is 2.82 bits per heavy atom. The molecule has 2 aromatic carbocycles. The number of benzene rings is 2. The minimum atomic E-state index is -0.607. The minimum Gasteiger partial charge on any atom is -0.351 e. The number of anilines is 1. The molecular formula is C26H28FN5O. The first-order valence-corrected chi connectivity index (χ1v) is 11.0. The lowest BCUT2D eigenvalue weighted by Gasteiger charge is -2.39. The molecule has 0 aliphatic carbocycles. The zero-order valence-corrected chi connectivity index (χ0v) is 18.5. The zero-order valence-electron chi connectivity index (χ0n) is 18.5. The molecule has 1 atom stereocenters. The van der Waals surface area contributed by atoms with Crippen molar-refractivity contribution in [3.8, 4) is 0 Å². The first-order valence-electron chi connectivity index (χ1n) is 11.0. The lowest BCUT2D eigenvalue weighted by Crippen LogP contribution is -2.51. The maximum Gasteiger partial charge on any atom is 0.316 e. The highest BCUT2D eigenvalue weighted by Gasteiger charge is 2.24. The van der Waals surface area contributed by atoms with Gasteiger partial charge in [0.05, 0.1) is 11.2 Å². The van der Waals surface area contributed by atoms with Crippen molar-refractivity contribution < 1.29 is 9.18 Å². The molecule has 2 heterocycles. The third-order valence-electron chi connectivity index (χ3n) is 5.88. The molecular weight excluding hydrogens is 417 g/mol. The number of hydrogen-bond acceptors (Lipinski definition) is 4. The van der Waals surface area contributed by atoms with E-state index in [2.05, 4.69) is 32.8 Å². The summed E-state index contributed by atoms with van der Waals surface area (Å²) in [6, 6.07) is 14.0. The van der Waals surface area contributed by atoms with E-state index in [1.54, 1.807) is 6.20 Å². The fourth-order valence-electron chi connectivity index (χ4n) is 4.18. The van der Waals surface area contributed by atoms with Crippen LogP contribution in [0, 0.1) is 5.82 Å². The van der Waals surface area contributed by atoms with Crippen LogP contribution in [0.25, 0.3) is 17.0 Å². The Morgan fingerprint density at radius 2 is 2.06 bits per heavy atom. The number of nitrogens with one attached hydrogen (secondary N) is 1. The maximum atomic E-state index is 13.2. The van der Waals surface area contributed by atoms with Crippen LogP contribution in [-0.4, -0.2) is 53.0 Å². The largest absolute Gasteiger partial charge is 0.351 e. The molecule has 170 valence electrons. The fourth-order valence-corrected chi connectivity index (χ4v) is 4.18. The maximum absolute atomic E-state index is 13.2. The van der Waals surface area contributed by atoms with Gasteiger partial charge in [-0.25, -0.2) is 9.18 Å².